The predicted molar refractivity (Wildman–Crippen MR) is 34.9 cm³/mol. The first kappa shape index (κ1) is 6.32. The Morgan fingerprint density at radius 1 is 1.73 bits per heavy atom. The van der Waals surface area contributed by atoms with Gasteiger partial charge in [-0.3, -0.25) is 4.79 Å². The Morgan fingerprint density at radius 2 is 2.55 bits per heavy atom. The Bertz CT molecular complexity index is 294. The molecular formula is C5H6N4O2. The molecule has 0 radical (unpaired) electrons. The number of aromatic amines is 1. The SMILES string of the molecule is O=C1NC[NH+]([O-])c2nc[nH]c21. The van der Waals surface area contributed by atoms with Crippen LogP contribution in [-0.2, 0) is 0 Å². The minimum atomic E-state index is -0.267. The molecule has 6 heteroatoms. The van der Waals surface area contributed by atoms with Gasteiger partial charge in [-0.2, -0.15) is 4.98 Å². The maximum Gasteiger partial charge on any atom is 0.280 e. The number of hydrogen-bond donors (Lipinski definition) is 3. The lowest BCUT2D eigenvalue weighted by Gasteiger charge is -2.23. The molecule has 0 saturated heterocycles. The van der Waals surface area contributed by atoms with Gasteiger partial charge in [0.15, 0.2) is 12.4 Å². The van der Waals surface area contributed by atoms with Gasteiger partial charge >= 0.3 is 0 Å². The molecule has 1 unspecified atom stereocenters. The summed E-state index contributed by atoms with van der Waals surface area (Å²) in [5.41, 5.74) is 0.265. The van der Waals surface area contributed by atoms with Crippen LogP contribution in [0.5, 0.6) is 0 Å². The first-order valence-electron chi connectivity index (χ1n) is 3.14. The van der Waals surface area contributed by atoms with Gasteiger partial charge in [0.05, 0.1) is 6.33 Å². The largest absolute Gasteiger partial charge is 0.626 e. The average molecular weight is 154 g/mol. The van der Waals surface area contributed by atoms with Gasteiger partial charge in [-0.1, -0.05) is 0 Å². The van der Waals surface area contributed by atoms with Gasteiger partial charge in [-0.25, -0.2) is 0 Å². The number of rotatable bonds is 0. The van der Waals surface area contributed by atoms with Crippen LogP contribution in [0.3, 0.4) is 0 Å². The van der Waals surface area contributed by atoms with Crippen molar-refractivity contribution in [3.63, 3.8) is 0 Å². The van der Waals surface area contributed by atoms with Gasteiger partial charge in [0, 0.05) is 0 Å². The molecule has 0 aromatic carbocycles. The number of aromatic nitrogens is 2. The zero-order chi connectivity index (χ0) is 7.84. The van der Waals surface area contributed by atoms with Gasteiger partial charge in [0.2, 0.25) is 0 Å². The van der Waals surface area contributed by atoms with Gasteiger partial charge in [-0.15, -0.1) is 0 Å². The number of imidazole rings is 1. The second-order valence-corrected chi connectivity index (χ2v) is 2.23. The van der Waals surface area contributed by atoms with E-state index in [1.807, 2.05) is 0 Å². The van der Waals surface area contributed by atoms with E-state index in [0.717, 1.165) is 0 Å². The number of quaternary nitrogens is 1. The van der Waals surface area contributed by atoms with E-state index >= 15 is 0 Å². The van der Waals surface area contributed by atoms with Gasteiger partial charge in [-0.05, 0) is 0 Å². The molecule has 1 aromatic heterocycles. The van der Waals surface area contributed by atoms with Crippen molar-refractivity contribution in [3.8, 4) is 0 Å². The zero-order valence-electron chi connectivity index (χ0n) is 5.55. The van der Waals surface area contributed by atoms with Gasteiger partial charge < -0.3 is 20.6 Å². The van der Waals surface area contributed by atoms with Crippen LogP contribution in [0.25, 0.3) is 0 Å². The van der Waals surface area contributed by atoms with Crippen molar-refractivity contribution in [3.05, 3.63) is 17.2 Å². The van der Waals surface area contributed by atoms with Gasteiger partial charge in [0.25, 0.3) is 11.7 Å². The van der Waals surface area contributed by atoms with Crippen molar-refractivity contribution < 1.29 is 9.86 Å². The van der Waals surface area contributed by atoms with Crippen molar-refractivity contribution in [2.24, 2.45) is 0 Å². The molecule has 0 saturated carbocycles. The Labute approximate surface area is 61.8 Å². The first-order chi connectivity index (χ1) is 5.29. The molecular weight excluding hydrogens is 148 g/mol. The number of carbonyl (C=O) groups is 1. The summed E-state index contributed by atoms with van der Waals surface area (Å²) in [6.45, 7) is 0.0523. The number of nitrogens with zero attached hydrogens (tertiary/aromatic N) is 1. The van der Waals surface area contributed by atoms with Crippen LogP contribution in [0.15, 0.2) is 6.33 Å². The lowest BCUT2D eigenvalue weighted by molar-refractivity contribution is -0.783. The molecule has 1 amide bonds. The lowest BCUT2D eigenvalue weighted by atomic mass is 10.3. The number of hydroxylamine groups is 1. The van der Waals surface area contributed by atoms with E-state index in [9.17, 15) is 10.0 Å². The Morgan fingerprint density at radius 3 is 3.27 bits per heavy atom. The summed E-state index contributed by atoms with van der Waals surface area (Å²) in [7, 11) is 0. The van der Waals surface area contributed by atoms with Crippen LogP contribution in [0, 0.1) is 5.21 Å². The molecule has 58 valence electrons. The molecule has 1 aliphatic rings. The quantitative estimate of drug-likeness (QED) is 0.382. The Hall–Kier alpha value is -1.40. The fourth-order valence-electron chi connectivity index (χ4n) is 1.01. The number of nitrogens with one attached hydrogen (secondary N) is 3. The highest BCUT2D eigenvalue weighted by Crippen LogP contribution is 2.05. The molecule has 3 N–H and O–H groups in total. The van der Waals surface area contributed by atoms with Crippen LogP contribution in [0.2, 0.25) is 0 Å². The summed E-state index contributed by atoms with van der Waals surface area (Å²) in [6, 6.07) is 0. The van der Waals surface area contributed by atoms with E-state index in [2.05, 4.69) is 15.3 Å². The van der Waals surface area contributed by atoms with E-state index in [-0.39, 0.29) is 29.2 Å². The number of hydrogen-bond acceptors (Lipinski definition) is 3. The average Bonchev–Trinajstić information content (AvgIpc) is 2.45. The fourth-order valence-corrected chi connectivity index (χ4v) is 1.01. The molecule has 2 heterocycles. The molecule has 0 aliphatic carbocycles. The second kappa shape index (κ2) is 2.04. The zero-order valence-corrected chi connectivity index (χ0v) is 5.55. The molecule has 0 spiro atoms. The normalized spacial score (nSPS) is 22.6. The van der Waals surface area contributed by atoms with Crippen LogP contribution >= 0.6 is 0 Å². The number of H-pyrrole nitrogens is 1. The Kier molecular flexibility index (Phi) is 1.17. The molecule has 1 aliphatic heterocycles. The van der Waals surface area contributed by atoms with E-state index in [1.54, 1.807) is 0 Å². The minimum Gasteiger partial charge on any atom is -0.626 e. The molecule has 1 aromatic rings. The summed E-state index contributed by atoms with van der Waals surface area (Å²) in [6.07, 6.45) is 1.34. The third-order valence-corrected chi connectivity index (χ3v) is 1.54. The standard InChI is InChI=1S/C5H6N4O2/c10-5-3-4(7-1-6-3)9(11)2-8-5/h1,9H,2H2,(H,6,7)(H,8,10). The fraction of sp³-hybridized carbons (Fsp3) is 0.200. The molecule has 0 fully saturated rings. The molecule has 1 atom stereocenters. The third kappa shape index (κ3) is 0.803. The van der Waals surface area contributed by atoms with Crippen LogP contribution < -0.4 is 10.4 Å². The maximum atomic E-state index is 11.0. The van der Waals surface area contributed by atoms with Gasteiger partial charge in [0.1, 0.15) is 0 Å². The number of fused-ring (bicyclic) bond motifs is 1. The number of amides is 1. The highest BCUT2D eigenvalue weighted by Gasteiger charge is 2.24. The minimum absolute atomic E-state index is 0.0523. The van der Waals surface area contributed by atoms with Crippen molar-refractivity contribution in [1.29, 1.82) is 0 Å². The van der Waals surface area contributed by atoms with E-state index in [1.165, 1.54) is 6.33 Å². The summed E-state index contributed by atoms with van der Waals surface area (Å²) < 4.78 is 0. The highest BCUT2D eigenvalue weighted by molar-refractivity contribution is 5.96. The van der Waals surface area contributed by atoms with Crippen molar-refractivity contribution in [2.75, 3.05) is 6.67 Å². The highest BCUT2D eigenvalue weighted by atomic mass is 16.5. The number of carbonyl (C=O) groups excluding carboxylic acids is 1. The topological polar surface area (TPSA) is 85.3 Å². The summed E-state index contributed by atoms with van der Waals surface area (Å²) in [5.74, 6) is -0.0224. The van der Waals surface area contributed by atoms with Crippen molar-refractivity contribution >= 4 is 11.7 Å². The summed E-state index contributed by atoms with van der Waals surface area (Å²) >= 11 is 0. The molecule has 2 rings (SSSR count). The van der Waals surface area contributed by atoms with Crippen LogP contribution in [0.1, 0.15) is 10.5 Å². The Balaban J connectivity index is 2.51. The lowest BCUT2D eigenvalue weighted by Crippen LogP contribution is -3.05. The third-order valence-electron chi connectivity index (χ3n) is 1.54. The van der Waals surface area contributed by atoms with Crippen molar-refractivity contribution in [1.82, 2.24) is 15.3 Å². The molecule has 11 heavy (non-hydrogen) atoms. The molecule has 6 nitrogen and oxygen atoms in total. The van der Waals surface area contributed by atoms with Crippen LogP contribution in [-0.4, -0.2) is 22.5 Å². The second-order valence-electron chi connectivity index (χ2n) is 2.23. The van der Waals surface area contributed by atoms with E-state index < -0.39 is 0 Å². The smallest absolute Gasteiger partial charge is 0.280 e. The predicted octanol–water partition coefficient (Wildman–Crippen LogP) is -1.88. The first-order valence-corrected chi connectivity index (χ1v) is 3.14. The monoisotopic (exact) mass is 154 g/mol. The van der Waals surface area contributed by atoms with E-state index in [0.29, 0.717) is 0 Å². The molecule has 0 bridgehead atoms. The van der Waals surface area contributed by atoms with Crippen molar-refractivity contribution in [2.45, 2.75) is 0 Å². The summed E-state index contributed by atoms with van der Waals surface area (Å²) in [4.78, 5) is 17.3. The summed E-state index contributed by atoms with van der Waals surface area (Å²) in [5, 5.41) is 13.3. The van der Waals surface area contributed by atoms with E-state index in [4.69, 9.17) is 0 Å². The maximum absolute atomic E-state index is 11.0. The van der Waals surface area contributed by atoms with Crippen LogP contribution in [0.4, 0.5) is 5.82 Å².